The topological polar surface area (TPSA) is 106 Å². The van der Waals surface area contributed by atoms with Crippen LogP contribution in [0.4, 0.5) is 9.52 Å². The standard InChI is InChI=1S/C30H20FN3O5S2/c31-22-13-5-4-8-19(22)17-40-30-33-32-29(41-30)34-25(24(27(36)28(34)37)26(35)23-14-7-15-38-23)18-9-6-12-21(16-18)39-20-10-2-1-3-11-20/h1-16,25,36H,17H2. The van der Waals surface area contributed by atoms with Crippen LogP contribution in [-0.2, 0) is 10.5 Å². The molecule has 1 amide bonds. The van der Waals surface area contributed by atoms with Crippen LogP contribution in [0.25, 0.3) is 0 Å². The van der Waals surface area contributed by atoms with Crippen LogP contribution in [0.3, 0.4) is 0 Å². The second-order valence-corrected chi connectivity index (χ2v) is 11.0. The molecule has 5 aromatic rings. The first-order valence-electron chi connectivity index (χ1n) is 12.4. The summed E-state index contributed by atoms with van der Waals surface area (Å²) >= 11 is 2.36. The molecule has 0 spiro atoms. The van der Waals surface area contributed by atoms with Crippen molar-refractivity contribution in [1.82, 2.24) is 10.2 Å². The average Bonchev–Trinajstić information content (AvgIpc) is 3.74. The number of Topliss-reactive ketones (excluding diaryl/α,β-unsaturated/α-hetero) is 1. The van der Waals surface area contributed by atoms with Gasteiger partial charge < -0.3 is 14.3 Å². The third-order valence-electron chi connectivity index (χ3n) is 6.26. The lowest BCUT2D eigenvalue weighted by atomic mass is 9.95. The Labute approximate surface area is 241 Å². The molecular weight excluding hydrogens is 565 g/mol. The largest absolute Gasteiger partial charge is 0.503 e. The van der Waals surface area contributed by atoms with Gasteiger partial charge in [-0.25, -0.2) is 4.39 Å². The summed E-state index contributed by atoms with van der Waals surface area (Å²) in [6, 6.07) is 24.5. The summed E-state index contributed by atoms with van der Waals surface area (Å²) in [5.41, 5.74) is 0.851. The number of amides is 1. The number of carbonyl (C=O) groups is 2. The van der Waals surface area contributed by atoms with Crippen LogP contribution in [0.1, 0.15) is 27.7 Å². The maximum absolute atomic E-state index is 14.1. The van der Waals surface area contributed by atoms with Gasteiger partial charge in [0, 0.05) is 5.75 Å². The van der Waals surface area contributed by atoms with Crippen molar-refractivity contribution >= 4 is 39.9 Å². The summed E-state index contributed by atoms with van der Waals surface area (Å²) in [6.45, 7) is 0. The highest BCUT2D eigenvalue weighted by Gasteiger charge is 2.46. The second kappa shape index (κ2) is 11.4. The van der Waals surface area contributed by atoms with Crippen molar-refractivity contribution < 1.29 is 28.2 Å². The molecule has 0 saturated heterocycles. The van der Waals surface area contributed by atoms with Crippen molar-refractivity contribution in [3.05, 3.63) is 131 Å². The molecule has 1 atom stereocenters. The van der Waals surface area contributed by atoms with Gasteiger partial charge in [-0.15, -0.1) is 10.2 Å². The number of carbonyl (C=O) groups excluding carboxylic acids is 2. The molecular formula is C30H20FN3O5S2. The Balaban J connectivity index is 1.36. The summed E-state index contributed by atoms with van der Waals surface area (Å²) in [5, 5.41) is 19.5. The summed E-state index contributed by atoms with van der Waals surface area (Å²) in [4.78, 5) is 28.2. The van der Waals surface area contributed by atoms with E-state index in [1.165, 1.54) is 35.1 Å². The molecule has 0 saturated carbocycles. The Bertz CT molecular complexity index is 1750. The maximum Gasteiger partial charge on any atom is 0.296 e. The van der Waals surface area contributed by atoms with Crippen molar-refractivity contribution in [3.63, 3.8) is 0 Å². The van der Waals surface area contributed by atoms with E-state index in [2.05, 4.69) is 10.2 Å². The van der Waals surface area contributed by atoms with E-state index in [-0.39, 0.29) is 22.3 Å². The van der Waals surface area contributed by atoms with Gasteiger partial charge in [0.15, 0.2) is 15.9 Å². The van der Waals surface area contributed by atoms with Crippen LogP contribution in [0.5, 0.6) is 11.5 Å². The Morgan fingerprint density at radius 2 is 1.78 bits per heavy atom. The first-order valence-corrected chi connectivity index (χ1v) is 14.2. The molecule has 0 bridgehead atoms. The van der Waals surface area contributed by atoms with E-state index in [4.69, 9.17) is 9.15 Å². The van der Waals surface area contributed by atoms with E-state index in [0.29, 0.717) is 32.7 Å². The molecule has 11 heteroatoms. The molecule has 1 aliphatic heterocycles. The SMILES string of the molecule is O=C(C1=C(O)C(=O)N(c2nnc(SCc3ccccc3F)s2)C1c1cccc(Oc2ccccc2)c1)c1ccco1. The number of benzene rings is 3. The number of furan rings is 1. The third kappa shape index (κ3) is 5.37. The predicted molar refractivity (Wildman–Crippen MR) is 152 cm³/mol. The van der Waals surface area contributed by atoms with Gasteiger partial charge in [-0.2, -0.15) is 0 Å². The van der Waals surface area contributed by atoms with Gasteiger partial charge in [0.2, 0.25) is 10.9 Å². The van der Waals surface area contributed by atoms with E-state index in [1.807, 2.05) is 18.2 Å². The molecule has 0 radical (unpaired) electrons. The first-order chi connectivity index (χ1) is 20.0. The van der Waals surface area contributed by atoms with Gasteiger partial charge in [0.25, 0.3) is 5.91 Å². The fourth-order valence-corrected chi connectivity index (χ4v) is 6.23. The molecule has 6 rings (SSSR count). The van der Waals surface area contributed by atoms with Crippen LogP contribution < -0.4 is 9.64 Å². The fraction of sp³-hybridized carbons (Fsp3) is 0.0667. The van der Waals surface area contributed by atoms with Gasteiger partial charge in [0.1, 0.15) is 17.3 Å². The average molecular weight is 586 g/mol. The number of ether oxygens (including phenoxy) is 1. The Morgan fingerprint density at radius 1 is 1.00 bits per heavy atom. The minimum atomic E-state index is -1.04. The molecule has 2 aromatic heterocycles. The Hall–Kier alpha value is -4.74. The van der Waals surface area contributed by atoms with Gasteiger partial charge in [-0.1, -0.05) is 71.6 Å². The summed E-state index contributed by atoms with van der Waals surface area (Å²) in [7, 11) is 0. The zero-order valence-corrected chi connectivity index (χ0v) is 22.8. The number of ketones is 1. The molecule has 204 valence electrons. The van der Waals surface area contributed by atoms with Gasteiger partial charge in [-0.3, -0.25) is 14.5 Å². The van der Waals surface area contributed by atoms with Crippen LogP contribution in [0, 0.1) is 5.82 Å². The third-order valence-corrected chi connectivity index (χ3v) is 8.37. The lowest BCUT2D eigenvalue weighted by molar-refractivity contribution is -0.117. The highest BCUT2D eigenvalue weighted by Crippen LogP contribution is 2.44. The predicted octanol–water partition coefficient (Wildman–Crippen LogP) is 7.14. The number of nitrogens with zero attached hydrogens (tertiary/aromatic N) is 3. The van der Waals surface area contributed by atoms with Crippen molar-refractivity contribution in [2.45, 2.75) is 16.1 Å². The molecule has 1 unspecified atom stereocenters. The number of thioether (sulfide) groups is 1. The highest BCUT2D eigenvalue weighted by atomic mass is 32.2. The molecule has 8 nitrogen and oxygen atoms in total. The number of aliphatic hydroxyl groups is 1. The number of para-hydroxylation sites is 1. The van der Waals surface area contributed by atoms with E-state index < -0.39 is 23.5 Å². The van der Waals surface area contributed by atoms with E-state index in [0.717, 1.165) is 11.3 Å². The minimum Gasteiger partial charge on any atom is -0.503 e. The molecule has 3 heterocycles. The first kappa shape index (κ1) is 26.5. The van der Waals surface area contributed by atoms with Crippen LogP contribution in [0.15, 0.2) is 117 Å². The Morgan fingerprint density at radius 3 is 2.56 bits per heavy atom. The van der Waals surface area contributed by atoms with Crippen LogP contribution >= 0.6 is 23.1 Å². The lowest BCUT2D eigenvalue weighted by Crippen LogP contribution is -2.31. The number of aromatic nitrogens is 2. The number of rotatable bonds is 9. The second-order valence-electron chi connectivity index (χ2n) is 8.86. The van der Waals surface area contributed by atoms with E-state index in [9.17, 15) is 19.1 Å². The van der Waals surface area contributed by atoms with Crippen molar-refractivity contribution in [2.24, 2.45) is 0 Å². The van der Waals surface area contributed by atoms with Crippen LogP contribution in [0.2, 0.25) is 0 Å². The van der Waals surface area contributed by atoms with Gasteiger partial charge in [0.05, 0.1) is 17.9 Å². The lowest BCUT2D eigenvalue weighted by Gasteiger charge is -2.24. The van der Waals surface area contributed by atoms with Gasteiger partial charge >= 0.3 is 0 Å². The molecule has 3 aromatic carbocycles. The smallest absolute Gasteiger partial charge is 0.296 e. The fourth-order valence-electron chi connectivity index (χ4n) is 4.38. The summed E-state index contributed by atoms with van der Waals surface area (Å²) in [5.74, 6) is -1.12. The Kier molecular flexibility index (Phi) is 7.36. The number of hydrogen-bond acceptors (Lipinski definition) is 9. The van der Waals surface area contributed by atoms with Crippen LogP contribution in [-0.4, -0.2) is 27.0 Å². The minimum absolute atomic E-state index is 0.0266. The summed E-state index contributed by atoms with van der Waals surface area (Å²) < 4.78 is 25.9. The highest BCUT2D eigenvalue weighted by molar-refractivity contribution is 8.00. The normalized spacial score (nSPS) is 15.0. The quantitative estimate of drug-likeness (QED) is 0.111. The number of aliphatic hydroxyl groups excluding tert-OH is 1. The van der Waals surface area contributed by atoms with Gasteiger partial charge in [-0.05, 0) is 53.6 Å². The van der Waals surface area contributed by atoms with Crippen molar-refractivity contribution in [3.8, 4) is 11.5 Å². The van der Waals surface area contributed by atoms with Crippen molar-refractivity contribution in [2.75, 3.05) is 4.90 Å². The van der Waals surface area contributed by atoms with E-state index in [1.54, 1.807) is 60.7 Å². The number of halogens is 1. The molecule has 41 heavy (non-hydrogen) atoms. The number of anilines is 1. The van der Waals surface area contributed by atoms with Crippen molar-refractivity contribution in [1.29, 1.82) is 0 Å². The molecule has 0 fully saturated rings. The zero-order valence-electron chi connectivity index (χ0n) is 21.1. The monoisotopic (exact) mass is 585 g/mol. The van der Waals surface area contributed by atoms with E-state index >= 15 is 0 Å². The summed E-state index contributed by atoms with van der Waals surface area (Å²) in [6.07, 6.45) is 1.34. The molecule has 1 N–H and O–H groups in total. The number of hydrogen-bond donors (Lipinski definition) is 1. The molecule has 1 aliphatic rings. The molecule has 0 aliphatic carbocycles. The zero-order chi connectivity index (χ0) is 28.3. The maximum atomic E-state index is 14.1.